The molecule has 33 heavy (non-hydrogen) atoms. The Morgan fingerprint density at radius 1 is 1.21 bits per heavy atom. The van der Waals surface area contributed by atoms with Crippen molar-refractivity contribution < 1.29 is 8.78 Å². The molecule has 1 aliphatic heterocycles. The third kappa shape index (κ3) is 2.91. The molecule has 1 fully saturated rings. The quantitative estimate of drug-likeness (QED) is 0.512. The minimum Gasteiger partial charge on any atom is -0.341 e. The van der Waals surface area contributed by atoms with Crippen molar-refractivity contribution in [3.05, 3.63) is 64.7 Å². The van der Waals surface area contributed by atoms with Gasteiger partial charge in [-0.05, 0) is 37.8 Å². The van der Waals surface area contributed by atoms with Gasteiger partial charge in [-0.25, -0.2) is 33.2 Å². The fourth-order valence-corrected chi connectivity index (χ4v) is 4.67. The molecule has 4 aromatic rings. The molecule has 1 N–H and O–H groups in total. The SMILES string of the molecule is CCC1c2n[nH]c(=O)n2-c2cnc(-n3ccnc3-c3ccc(F)cc3F)nc2N1C1CCC1. The van der Waals surface area contributed by atoms with Gasteiger partial charge in [-0.3, -0.25) is 4.57 Å². The van der Waals surface area contributed by atoms with E-state index in [4.69, 9.17) is 4.98 Å². The molecular weight excluding hydrogens is 430 g/mol. The first kappa shape index (κ1) is 19.8. The molecule has 1 atom stereocenters. The highest BCUT2D eigenvalue weighted by Crippen LogP contribution is 2.42. The van der Waals surface area contributed by atoms with Crippen LogP contribution in [0.4, 0.5) is 14.6 Å². The Bertz CT molecular complexity index is 1420. The Balaban J connectivity index is 1.53. The molecule has 1 aromatic carbocycles. The molecule has 9 nitrogen and oxygen atoms in total. The summed E-state index contributed by atoms with van der Waals surface area (Å²) < 4.78 is 31.0. The molecule has 2 aliphatic rings. The van der Waals surface area contributed by atoms with Crippen LogP contribution in [0, 0.1) is 11.6 Å². The maximum Gasteiger partial charge on any atom is 0.348 e. The van der Waals surface area contributed by atoms with Crippen molar-refractivity contribution in [2.45, 2.75) is 44.7 Å². The van der Waals surface area contributed by atoms with Crippen molar-refractivity contribution in [3.63, 3.8) is 0 Å². The smallest absolute Gasteiger partial charge is 0.341 e. The number of H-pyrrole nitrogens is 1. The summed E-state index contributed by atoms with van der Waals surface area (Å²) >= 11 is 0. The van der Waals surface area contributed by atoms with Gasteiger partial charge in [-0.1, -0.05) is 6.92 Å². The molecule has 0 amide bonds. The summed E-state index contributed by atoms with van der Waals surface area (Å²) in [5.41, 5.74) is 0.350. The molecule has 1 aliphatic carbocycles. The monoisotopic (exact) mass is 450 g/mol. The number of benzene rings is 1. The average molecular weight is 450 g/mol. The number of hydrogen-bond donors (Lipinski definition) is 1. The Morgan fingerprint density at radius 3 is 2.79 bits per heavy atom. The molecule has 0 radical (unpaired) electrons. The molecule has 11 heteroatoms. The molecule has 3 aromatic heterocycles. The van der Waals surface area contributed by atoms with E-state index < -0.39 is 11.6 Å². The van der Waals surface area contributed by atoms with Crippen LogP contribution in [0.3, 0.4) is 0 Å². The predicted octanol–water partition coefficient (Wildman–Crippen LogP) is 3.31. The Kier molecular flexibility index (Phi) is 4.39. The average Bonchev–Trinajstić information content (AvgIpc) is 3.40. The lowest BCUT2D eigenvalue weighted by Gasteiger charge is -2.45. The van der Waals surface area contributed by atoms with Crippen molar-refractivity contribution in [1.82, 2.24) is 34.3 Å². The largest absolute Gasteiger partial charge is 0.348 e. The number of nitrogens with one attached hydrogen (secondary N) is 1. The second-order valence-electron chi connectivity index (χ2n) is 8.26. The highest BCUT2D eigenvalue weighted by atomic mass is 19.1. The number of aromatic nitrogens is 7. The van der Waals surface area contributed by atoms with E-state index in [1.807, 2.05) is 0 Å². The number of hydrogen-bond acceptors (Lipinski definition) is 6. The summed E-state index contributed by atoms with van der Waals surface area (Å²) in [5, 5.41) is 6.83. The molecule has 4 heterocycles. The lowest BCUT2D eigenvalue weighted by Crippen LogP contribution is -2.47. The van der Waals surface area contributed by atoms with Crippen LogP contribution in [-0.2, 0) is 0 Å². The highest BCUT2D eigenvalue weighted by Gasteiger charge is 2.40. The number of anilines is 1. The van der Waals surface area contributed by atoms with Crippen molar-refractivity contribution in [1.29, 1.82) is 0 Å². The molecule has 1 saturated carbocycles. The standard InChI is InChI=1S/C22H20F2N8O/c1-2-16-20-28-29-22(33)32(20)17-11-26-21(27-19(17)31(16)13-4-3-5-13)30-9-8-25-18(30)14-7-6-12(23)10-15(14)24/h6-11,13,16H,2-5H2,1H3,(H,29,33). The molecule has 0 spiro atoms. The predicted molar refractivity (Wildman–Crippen MR) is 115 cm³/mol. The first-order valence-electron chi connectivity index (χ1n) is 10.9. The number of imidazole rings is 1. The van der Waals surface area contributed by atoms with Crippen LogP contribution in [0.25, 0.3) is 23.0 Å². The number of fused-ring (bicyclic) bond motifs is 3. The lowest BCUT2D eigenvalue weighted by atomic mass is 9.89. The van der Waals surface area contributed by atoms with E-state index in [2.05, 4.69) is 32.0 Å². The second-order valence-corrected chi connectivity index (χ2v) is 8.26. The summed E-state index contributed by atoms with van der Waals surface area (Å²) in [4.78, 5) is 28.3. The fraction of sp³-hybridized carbons (Fsp3) is 0.318. The zero-order chi connectivity index (χ0) is 22.7. The van der Waals surface area contributed by atoms with Gasteiger partial charge in [-0.2, -0.15) is 10.1 Å². The van der Waals surface area contributed by atoms with Crippen molar-refractivity contribution >= 4 is 5.82 Å². The summed E-state index contributed by atoms with van der Waals surface area (Å²) in [7, 11) is 0. The van der Waals surface area contributed by atoms with E-state index in [9.17, 15) is 13.6 Å². The van der Waals surface area contributed by atoms with E-state index in [0.29, 0.717) is 17.3 Å². The zero-order valence-electron chi connectivity index (χ0n) is 17.7. The van der Waals surface area contributed by atoms with Gasteiger partial charge in [0.1, 0.15) is 23.1 Å². The van der Waals surface area contributed by atoms with Crippen molar-refractivity contribution in [2.24, 2.45) is 0 Å². The molecule has 6 rings (SSSR count). The number of halogens is 2. The van der Waals surface area contributed by atoms with E-state index in [1.165, 1.54) is 22.9 Å². The maximum atomic E-state index is 14.5. The minimum atomic E-state index is -0.725. The lowest BCUT2D eigenvalue weighted by molar-refractivity contribution is 0.341. The van der Waals surface area contributed by atoms with E-state index >= 15 is 0 Å². The van der Waals surface area contributed by atoms with Crippen molar-refractivity contribution in [2.75, 3.05) is 4.90 Å². The number of nitrogens with zero attached hydrogens (tertiary/aromatic N) is 7. The van der Waals surface area contributed by atoms with Crippen LogP contribution in [0.15, 0.2) is 41.6 Å². The maximum absolute atomic E-state index is 14.5. The van der Waals surface area contributed by atoms with Crippen LogP contribution in [0.2, 0.25) is 0 Å². The minimum absolute atomic E-state index is 0.110. The van der Waals surface area contributed by atoms with Gasteiger partial charge in [0.25, 0.3) is 0 Å². The van der Waals surface area contributed by atoms with Gasteiger partial charge < -0.3 is 4.90 Å². The number of aromatic amines is 1. The van der Waals surface area contributed by atoms with E-state index in [-0.39, 0.29) is 35.1 Å². The normalized spacial score (nSPS) is 17.5. The summed E-state index contributed by atoms with van der Waals surface area (Å²) in [5.74, 6) is 0.428. The third-order valence-corrected chi connectivity index (χ3v) is 6.44. The van der Waals surface area contributed by atoms with Crippen LogP contribution in [0.5, 0.6) is 0 Å². The Labute approximate surface area is 186 Å². The van der Waals surface area contributed by atoms with Gasteiger partial charge in [0.05, 0.1) is 17.8 Å². The summed E-state index contributed by atoms with van der Waals surface area (Å²) in [6.07, 6.45) is 8.66. The van der Waals surface area contributed by atoms with Gasteiger partial charge in [0.2, 0.25) is 5.95 Å². The molecule has 0 saturated heterocycles. The van der Waals surface area contributed by atoms with Crippen LogP contribution in [0.1, 0.15) is 44.5 Å². The first-order chi connectivity index (χ1) is 16.1. The van der Waals surface area contributed by atoms with Gasteiger partial charge in [-0.15, -0.1) is 0 Å². The molecule has 168 valence electrons. The zero-order valence-corrected chi connectivity index (χ0v) is 17.7. The van der Waals surface area contributed by atoms with E-state index in [0.717, 1.165) is 31.7 Å². The van der Waals surface area contributed by atoms with E-state index in [1.54, 1.807) is 17.0 Å². The van der Waals surface area contributed by atoms with Crippen molar-refractivity contribution in [3.8, 4) is 23.0 Å². The molecule has 1 unspecified atom stereocenters. The topological polar surface area (TPSA) is 97.5 Å². The Morgan fingerprint density at radius 2 is 2.06 bits per heavy atom. The third-order valence-electron chi connectivity index (χ3n) is 6.44. The van der Waals surface area contributed by atoms with Gasteiger partial charge in [0.15, 0.2) is 11.6 Å². The molecule has 0 bridgehead atoms. The second kappa shape index (κ2) is 7.32. The summed E-state index contributed by atoms with van der Waals surface area (Å²) in [6, 6.07) is 3.52. The number of rotatable bonds is 4. The van der Waals surface area contributed by atoms with Crippen LogP contribution in [-0.4, -0.2) is 40.3 Å². The Hall–Kier alpha value is -3.89. The fourth-order valence-electron chi connectivity index (χ4n) is 4.67. The van der Waals surface area contributed by atoms with Crippen LogP contribution < -0.4 is 10.6 Å². The van der Waals surface area contributed by atoms with Crippen LogP contribution >= 0.6 is 0 Å². The first-order valence-corrected chi connectivity index (χ1v) is 10.9. The summed E-state index contributed by atoms with van der Waals surface area (Å²) in [6.45, 7) is 2.05. The molecular formula is C22H20F2N8O. The highest BCUT2D eigenvalue weighted by molar-refractivity contribution is 5.64. The van der Waals surface area contributed by atoms with Gasteiger partial charge in [0, 0.05) is 24.5 Å². The van der Waals surface area contributed by atoms with Gasteiger partial charge >= 0.3 is 5.69 Å².